The van der Waals surface area contributed by atoms with E-state index in [-0.39, 0.29) is 36.2 Å². The average molecular weight is 645 g/mol. The van der Waals surface area contributed by atoms with Crippen molar-refractivity contribution in [1.82, 2.24) is 0 Å². The summed E-state index contributed by atoms with van der Waals surface area (Å²) in [5, 5.41) is 23.5. The molecule has 2 bridgehead atoms. The van der Waals surface area contributed by atoms with E-state index < -0.39 is 43.8 Å². The number of allylic oxidation sites excluding steroid dienone is 4. The highest BCUT2D eigenvalue weighted by Gasteiger charge is 2.52. The molecular weight excluding hydrogens is 584 g/mol. The van der Waals surface area contributed by atoms with Gasteiger partial charge < -0.3 is 28.8 Å². The number of rotatable bonds is 3. The van der Waals surface area contributed by atoms with Crippen LogP contribution in [0.2, 0.25) is 18.1 Å². The molecule has 0 saturated carbocycles. The highest BCUT2D eigenvalue weighted by molar-refractivity contribution is 6.74. The molecule has 0 unspecified atom stereocenters. The third-order valence-corrected chi connectivity index (χ3v) is 15.7. The molecule has 0 radical (unpaired) electrons. The van der Waals surface area contributed by atoms with Gasteiger partial charge in [-0.1, -0.05) is 70.6 Å². The van der Waals surface area contributed by atoms with Crippen LogP contribution in [-0.4, -0.2) is 66.9 Å². The summed E-state index contributed by atoms with van der Waals surface area (Å²) < 4.78 is 26.2. The van der Waals surface area contributed by atoms with Crippen LogP contribution in [0.5, 0.6) is 0 Å². The number of carbonyl (C=O) groups excluding carboxylic acids is 1. The van der Waals surface area contributed by atoms with E-state index in [1.807, 2.05) is 12.2 Å². The molecule has 3 heterocycles. The zero-order chi connectivity index (χ0) is 33.4. The normalized spacial score (nSPS) is 42.0. The maximum Gasteiger partial charge on any atom is 0.316 e. The summed E-state index contributed by atoms with van der Waals surface area (Å²) in [7, 11) is -2.20. The van der Waals surface area contributed by atoms with Crippen LogP contribution in [0.15, 0.2) is 47.1 Å². The van der Waals surface area contributed by atoms with Crippen LogP contribution >= 0.6 is 0 Å². The van der Waals surface area contributed by atoms with Crippen molar-refractivity contribution in [3.05, 3.63) is 47.1 Å². The van der Waals surface area contributed by atoms with Gasteiger partial charge in [0.25, 0.3) is 0 Å². The first-order chi connectivity index (χ1) is 20.8. The molecule has 7 nitrogen and oxygen atoms in total. The van der Waals surface area contributed by atoms with Crippen LogP contribution in [0.1, 0.15) is 100 Å². The zero-order valence-corrected chi connectivity index (χ0v) is 30.5. The number of aliphatic hydroxyl groups excluding tert-OH is 1. The smallest absolute Gasteiger partial charge is 0.316 e. The molecule has 1 aliphatic carbocycles. The van der Waals surface area contributed by atoms with Gasteiger partial charge in [0, 0.05) is 25.7 Å². The molecule has 0 amide bonds. The number of hydrogen-bond donors (Lipinski definition) is 2. The molecule has 2 N–H and O–H groups in total. The quantitative estimate of drug-likeness (QED) is 0.186. The molecule has 8 heteroatoms. The van der Waals surface area contributed by atoms with Gasteiger partial charge in [-0.15, -0.1) is 0 Å². The second kappa shape index (κ2) is 13.9. The Bertz CT molecular complexity index is 1200. The molecule has 4 aliphatic rings. The van der Waals surface area contributed by atoms with Crippen LogP contribution in [0.25, 0.3) is 0 Å². The number of esters is 1. The molecule has 9 atom stereocenters. The lowest BCUT2D eigenvalue weighted by molar-refractivity contribution is -0.332. The molecule has 3 aliphatic heterocycles. The van der Waals surface area contributed by atoms with Crippen LogP contribution in [-0.2, 0) is 23.4 Å². The molecule has 1 spiro atoms. The van der Waals surface area contributed by atoms with Crippen molar-refractivity contribution >= 4 is 14.3 Å². The Morgan fingerprint density at radius 2 is 1.80 bits per heavy atom. The summed E-state index contributed by atoms with van der Waals surface area (Å²) in [5.74, 6) is -1.58. The zero-order valence-electron chi connectivity index (χ0n) is 29.5. The summed E-state index contributed by atoms with van der Waals surface area (Å²) >= 11 is 0. The van der Waals surface area contributed by atoms with Gasteiger partial charge in [-0.25, -0.2) is 0 Å². The van der Waals surface area contributed by atoms with Crippen LogP contribution in [0.4, 0.5) is 0 Å². The lowest BCUT2D eigenvalue weighted by Crippen LogP contribution is -2.55. The van der Waals surface area contributed by atoms with Crippen molar-refractivity contribution in [2.75, 3.05) is 6.61 Å². The summed E-state index contributed by atoms with van der Waals surface area (Å²) in [5.41, 5.74) is 0.847. The first kappa shape index (κ1) is 36.3. The largest absolute Gasteiger partial charge is 0.462 e. The third kappa shape index (κ3) is 8.49. The lowest BCUT2D eigenvalue weighted by atomic mass is 9.71. The summed E-state index contributed by atoms with van der Waals surface area (Å²) in [6, 6.07) is 0. The van der Waals surface area contributed by atoms with Gasteiger partial charge in [-0.2, -0.15) is 0 Å². The van der Waals surface area contributed by atoms with Gasteiger partial charge in [-0.05, 0) is 81.1 Å². The highest BCUT2D eigenvalue weighted by Crippen LogP contribution is 2.45. The monoisotopic (exact) mass is 644 g/mol. The van der Waals surface area contributed by atoms with E-state index in [1.54, 1.807) is 13.0 Å². The second-order valence-electron chi connectivity index (χ2n) is 16.1. The highest BCUT2D eigenvalue weighted by atomic mass is 28.4. The van der Waals surface area contributed by atoms with Gasteiger partial charge >= 0.3 is 5.97 Å². The van der Waals surface area contributed by atoms with Gasteiger partial charge in [0.1, 0.15) is 17.6 Å². The number of ether oxygens (including phenoxy) is 3. The molecule has 0 aromatic carbocycles. The number of hydrogen-bond acceptors (Lipinski definition) is 7. The standard InChI is InChI=1S/C37H60O7Si/c1-24-12-11-13-29(23-41-45(9,10)35(6,7)8)37(40)22-33(38)27(4)19-32(37)34(39)42-31-20-30(15-14-25(2)18-24)44-36(21-31)17-16-26(3)28(5)43-36/h11-14,19,24,26,28,30-33,38,40H,15-18,20-23H2,1-10H3/b12-11+,25-14+,29-13+/t24-,26-,28+,30+,31-,32-,33+,36-,37+/m0/s1. The van der Waals surface area contributed by atoms with Gasteiger partial charge in [0.05, 0.1) is 24.9 Å². The first-order valence-electron chi connectivity index (χ1n) is 17.2. The van der Waals surface area contributed by atoms with Gasteiger partial charge in [0.2, 0.25) is 0 Å². The van der Waals surface area contributed by atoms with Crippen molar-refractivity contribution in [2.45, 2.75) is 154 Å². The van der Waals surface area contributed by atoms with Crippen LogP contribution in [0, 0.1) is 17.8 Å². The average Bonchev–Trinajstić information content (AvgIpc) is 2.92. The number of carbonyl (C=O) groups is 1. The summed E-state index contributed by atoms with van der Waals surface area (Å²) in [4.78, 5) is 14.2. The molecule has 254 valence electrons. The van der Waals surface area contributed by atoms with E-state index in [9.17, 15) is 15.0 Å². The van der Waals surface area contributed by atoms with Crippen molar-refractivity contribution < 1.29 is 33.6 Å². The van der Waals surface area contributed by atoms with E-state index in [0.29, 0.717) is 29.9 Å². The van der Waals surface area contributed by atoms with E-state index in [4.69, 9.17) is 18.6 Å². The molecule has 0 aromatic rings. The molecule has 45 heavy (non-hydrogen) atoms. The van der Waals surface area contributed by atoms with Crippen LogP contribution in [0.3, 0.4) is 0 Å². The van der Waals surface area contributed by atoms with Crippen molar-refractivity contribution in [3.8, 4) is 0 Å². The molecule has 2 saturated heterocycles. The number of aliphatic hydroxyl groups is 2. The fourth-order valence-electron chi connectivity index (χ4n) is 6.86. The van der Waals surface area contributed by atoms with Gasteiger partial charge in [-0.3, -0.25) is 4.79 Å². The molecular formula is C37H60O7Si. The predicted molar refractivity (Wildman–Crippen MR) is 181 cm³/mol. The maximum absolute atomic E-state index is 14.2. The molecule has 0 aromatic heterocycles. The Hall–Kier alpha value is -1.55. The Morgan fingerprint density at radius 3 is 2.47 bits per heavy atom. The summed E-state index contributed by atoms with van der Waals surface area (Å²) in [6.45, 7) is 21.5. The predicted octanol–water partition coefficient (Wildman–Crippen LogP) is 7.55. The maximum atomic E-state index is 14.2. The Labute approximate surface area is 273 Å². The third-order valence-electron chi connectivity index (χ3n) is 11.2. The minimum Gasteiger partial charge on any atom is -0.462 e. The van der Waals surface area contributed by atoms with Crippen LogP contribution < -0.4 is 0 Å². The van der Waals surface area contributed by atoms with Crippen molar-refractivity contribution in [2.24, 2.45) is 17.8 Å². The SMILES string of the molecule is CC1=C[C@H]2C(=O)O[C@H]3C[C@@H](C/C=C(\C)C[C@@H](C)/C=C/C=C(\CO[Si](C)(C)C(C)(C)C)[C@]2(O)C[C@H]1O)O[C@@]1(CC[C@H](C)[C@@H](C)O1)C3. The Balaban J connectivity index is 1.75. The van der Waals surface area contributed by atoms with Gasteiger partial charge in [0.15, 0.2) is 14.1 Å². The van der Waals surface area contributed by atoms with E-state index in [2.05, 4.69) is 73.7 Å². The minimum absolute atomic E-state index is 0.00805. The molecule has 4 rings (SSSR count). The second-order valence-corrected chi connectivity index (χ2v) is 20.9. The van der Waals surface area contributed by atoms with E-state index in [1.165, 1.54) is 5.57 Å². The lowest BCUT2D eigenvalue weighted by Gasteiger charge is -2.49. The Kier molecular flexibility index (Phi) is 11.2. The summed E-state index contributed by atoms with van der Waals surface area (Å²) in [6.07, 6.45) is 12.9. The minimum atomic E-state index is -2.20. The fourth-order valence-corrected chi connectivity index (χ4v) is 7.81. The van der Waals surface area contributed by atoms with E-state index in [0.717, 1.165) is 25.7 Å². The van der Waals surface area contributed by atoms with Crippen molar-refractivity contribution in [1.29, 1.82) is 0 Å². The Morgan fingerprint density at radius 1 is 1.09 bits per heavy atom. The number of fused-ring (bicyclic) bond motifs is 3. The first-order valence-corrected chi connectivity index (χ1v) is 20.1. The molecule has 2 fully saturated rings. The fraction of sp³-hybridized carbons (Fsp3) is 0.757. The van der Waals surface area contributed by atoms with Crippen molar-refractivity contribution in [3.63, 3.8) is 0 Å². The van der Waals surface area contributed by atoms with E-state index >= 15 is 0 Å². The topological polar surface area (TPSA) is 94.5 Å².